The zero-order chi connectivity index (χ0) is 68.9. The summed E-state index contributed by atoms with van der Waals surface area (Å²) in [6.45, 7) is 0. The molecule has 4 aliphatic rings. The fourth-order valence-corrected chi connectivity index (χ4v) is 17.7. The summed E-state index contributed by atoms with van der Waals surface area (Å²) in [4.78, 5) is 21.7. The molecule has 0 N–H and O–H groups in total. The minimum absolute atomic E-state index is 0.597. The molecule has 2 aliphatic carbocycles. The molecule has 2 spiro atoms. The number of furan rings is 1. The zero-order valence-electron chi connectivity index (χ0n) is 56.5. The molecule has 3 aromatic heterocycles. The second-order valence-electron chi connectivity index (χ2n) is 27.8. The summed E-state index contributed by atoms with van der Waals surface area (Å²) in [5, 5.41) is 4.40. The Morgan fingerprint density at radius 2 is 0.581 bits per heavy atom. The van der Waals surface area contributed by atoms with Gasteiger partial charge in [0.15, 0.2) is 11.6 Å². The Morgan fingerprint density at radius 3 is 1.18 bits per heavy atom. The lowest BCUT2D eigenvalue weighted by Gasteiger charge is -2.39. The van der Waals surface area contributed by atoms with Gasteiger partial charge in [-0.1, -0.05) is 291 Å². The van der Waals surface area contributed by atoms with Crippen LogP contribution in [0.2, 0.25) is 0 Å². The quantitative estimate of drug-likeness (QED) is 0.150. The molecule has 2 aliphatic heterocycles. The third-order valence-electron chi connectivity index (χ3n) is 22.3. The summed E-state index contributed by atoms with van der Waals surface area (Å²) in [6.07, 6.45) is 0. The van der Waals surface area contributed by atoms with Gasteiger partial charge in [-0.15, -0.1) is 0 Å². The van der Waals surface area contributed by atoms with Gasteiger partial charge in [-0.3, -0.25) is 0 Å². The van der Waals surface area contributed by atoms with Crippen molar-refractivity contribution in [1.29, 1.82) is 0 Å². The highest BCUT2D eigenvalue weighted by Crippen LogP contribution is 2.65. The topological polar surface area (TPSA) is 83.2 Å². The molecule has 18 aromatic rings. The average molecular weight is 1340 g/mol. The smallest absolute Gasteiger partial charge is 0.160 e. The van der Waals surface area contributed by atoms with Crippen molar-refractivity contribution in [3.05, 3.63) is 396 Å². The Labute approximate surface area is 605 Å². The molecule has 0 bridgehead atoms. The van der Waals surface area contributed by atoms with Crippen LogP contribution in [-0.4, -0.2) is 19.9 Å². The number of rotatable bonds is 8. The van der Waals surface area contributed by atoms with E-state index in [-0.39, 0.29) is 0 Å². The molecule has 0 fully saturated rings. The number of aromatic nitrogens is 4. The van der Waals surface area contributed by atoms with Crippen LogP contribution in [0.5, 0.6) is 23.0 Å². The van der Waals surface area contributed by atoms with Crippen LogP contribution >= 0.6 is 0 Å². The van der Waals surface area contributed by atoms with Crippen molar-refractivity contribution in [2.45, 2.75) is 10.8 Å². The van der Waals surface area contributed by atoms with E-state index in [4.69, 9.17) is 33.8 Å². The first-order chi connectivity index (χ1) is 52.0. The number of ether oxygens (including phenoxy) is 2. The highest BCUT2D eigenvalue weighted by atomic mass is 16.5. The molecule has 7 heteroatoms. The van der Waals surface area contributed by atoms with Crippen LogP contribution in [0.15, 0.2) is 356 Å². The monoisotopic (exact) mass is 1340 g/mol. The lowest BCUT2D eigenvalue weighted by atomic mass is 9.65. The van der Waals surface area contributed by atoms with Crippen LogP contribution < -0.4 is 9.47 Å². The summed E-state index contributed by atoms with van der Waals surface area (Å²) >= 11 is 0. The zero-order valence-corrected chi connectivity index (χ0v) is 56.5. The van der Waals surface area contributed by atoms with E-state index in [2.05, 4.69) is 315 Å². The molecule has 0 saturated carbocycles. The highest BCUT2D eigenvalue weighted by molar-refractivity contribution is 6.07. The van der Waals surface area contributed by atoms with Gasteiger partial charge in [-0.2, -0.15) is 0 Å². The van der Waals surface area contributed by atoms with Gasteiger partial charge in [0.2, 0.25) is 0 Å². The molecule has 105 heavy (non-hydrogen) atoms. The number of hydrogen-bond acceptors (Lipinski definition) is 7. The Balaban J connectivity index is 0.671. The predicted octanol–water partition coefficient (Wildman–Crippen LogP) is 24.6. The van der Waals surface area contributed by atoms with Crippen LogP contribution in [0.1, 0.15) is 44.5 Å². The summed E-state index contributed by atoms with van der Waals surface area (Å²) in [5.41, 5.74) is 27.6. The number of fused-ring (bicyclic) bond motifs is 22. The highest BCUT2D eigenvalue weighted by Gasteiger charge is 2.53. The Bertz CT molecular complexity index is 6590. The summed E-state index contributed by atoms with van der Waals surface area (Å²) < 4.78 is 20.8. The third-order valence-corrected chi connectivity index (χ3v) is 22.3. The van der Waals surface area contributed by atoms with Crippen molar-refractivity contribution in [1.82, 2.24) is 19.9 Å². The van der Waals surface area contributed by atoms with Gasteiger partial charge < -0.3 is 13.9 Å². The first kappa shape index (κ1) is 58.9. The van der Waals surface area contributed by atoms with Crippen LogP contribution in [-0.2, 0) is 10.8 Å². The van der Waals surface area contributed by atoms with Crippen LogP contribution in [0, 0.1) is 0 Å². The molecule has 7 nitrogen and oxygen atoms in total. The maximum Gasteiger partial charge on any atom is 0.160 e. The van der Waals surface area contributed by atoms with E-state index in [1.165, 1.54) is 44.5 Å². The fourth-order valence-electron chi connectivity index (χ4n) is 17.7. The van der Waals surface area contributed by atoms with Crippen molar-refractivity contribution >= 4 is 32.7 Å². The van der Waals surface area contributed by atoms with Gasteiger partial charge in [-0.25, -0.2) is 19.9 Å². The lowest BCUT2D eigenvalue weighted by Crippen LogP contribution is -2.32. The van der Waals surface area contributed by atoms with E-state index in [0.29, 0.717) is 11.6 Å². The van der Waals surface area contributed by atoms with Crippen LogP contribution in [0.25, 0.3) is 145 Å². The Kier molecular flexibility index (Phi) is 12.8. The maximum absolute atomic E-state index is 7.30. The summed E-state index contributed by atoms with van der Waals surface area (Å²) in [6, 6.07) is 126. The van der Waals surface area contributed by atoms with E-state index in [1.807, 2.05) is 36.4 Å². The SMILES string of the molecule is c1ccc(-c2nc(-c3ccc4c(c3)Oc3ccc(-c5ccc(-c6nc(-c7ccc8c(c7)Oc7ccccc7C87c8ccccc8-c8ccccc87)cc(-c7ccc(-c8ccccc8)c8ccccc78)n6)cc5)cc3C43c4ccccc4-c4ccccc43)cc(-c3ccc4c(c3)oc3ccccc34)n2)cc1. The van der Waals surface area contributed by atoms with Crippen molar-refractivity contribution in [3.8, 4) is 135 Å². The molecular formula is C98H58N4O3. The van der Waals surface area contributed by atoms with E-state index in [0.717, 1.165) is 156 Å². The molecule has 15 aromatic carbocycles. The van der Waals surface area contributed by atoms with Crippen molar-refractivity contribution in [2.24, 2.45) is 0 Å². The van der Waals surface area contributed by atoms with Crippen molar-refractivity contribution in [3.63, 3.8) is 0 Å². The largest absolute Gasteiger partial charge is 0.457 e. The van der Waals surface area contributed by atoms with E-state index in [1.54, 1.807) is 0 Å². The standard InChI is InChI=1S/C98H58N4O3/c1-3-21-60(22-4-1)67-48-49-74(69-26-8-7-25-68(67)69)88-58-87(66-44-50-82-93(56-66)104-90-38-20-18-36-81(90)97(82)77-32-14-9-27-70(77)71-28-10-15-33-78(71)97)101-96(102-88)62-41-39-59(40-42-62)63-46-52-91-84(53-63)98(79-34-16-11-29-72(79)73-30-12-17-35-80(73)98)83-51-45-65(55-94(83)105-91)86-57-85(99-95(100-86)61-23-5-2-6-24-61)64-43-47-76-75-31-13-19-37-89(75)103-92(76)54-64/h1-58H. The molecule has 0 unspecified atom stereocenters. The second kappa shape index (κ2) is 22.8. The van der Waals surface area contributed by atoms with Crippen molar-refractivity contribution < 1.29 is 13.9 Å². The fraction of sp³-hybridized carbons (Fsp3) is 0.0204. The molecular weight excluding hydrogens is 1280 g/mol. The number of benzene rings is 15. The molecule has 22 rings (SSSR count). The van der Waals surface area contributed by atoms with Crippen LogP contribution in [0.4, 0.5) is 0 Å². The minimum Gasteiger partial charge on any atom is -0.457 e. The number of nitrogens with zero attached hydrogens (tertiary/aromatic N) is 4. The van der Waals surface area contributed by atoms with Gasteiger partial charge in [0, 0.05) is 66.4 Å². The number of para-hydroxylation sites is 2. The molecule has 0 amide bonds. The molecule has 5 heterocycles. The van der Waals surface area contributed by atoms with Gasteiger partial charge in [0.05, 0.1) is 33.6 Å². The Morgan fingerprint density at radius 1 is 0.190 bits per heavy atom. The normalized spacial score (nSPS) is 13.4. The predicted molar refractivity (Wildman–Crippen MR) is 421 cm³/mol. The van der Waals surface area contributed by atoms with Crippen molar-refractivity contribution in [2.75, 3.05) is 0 Å². The van der Waals surface area contributed by atoms with E-state index in [9.17, 15) is 0 Å². The van der Waals surface area contributed by atoms with E-state index >= 15 is 0 Å². The minimum atomic E-state index is -0.746. The first-order valence-electron chi connectivity index (χ1n) is 35.7. The van der Waals surface area contributed by atoms with Gasteiger partial charge in [0.1, 0.15) is 34.2 Å². The summed E-state index contributed by atoms with van der Waals surface area (Å²) in [5.74, 6) is 4.41. The van der Waals surface area contributed by atoms with Crippen LogP contribution in [0.3, 0.4) is 0 Å². The summed E-state index contributed by atoms with van der Waals surface area (Å²) in [7, 11) is 0. The molecule has 488 valence electrons. The lowest BCUT2D eigenvalue weighted by molar-refractivity contribution is 0.436. The van der Waals surface area contributed by atoms with Gasteiger partial charge in [-0.05, 0) is 138 Å². The molecule has 0 saturated heterocycles. The molecule has 0 radical (unpaired) electrons. The van der Waals surface area contributed by atoms with Gasteiger partial charge in [0.25, 0.3) is 0 Å². The van der Waals surface area contributed by atoms with Gasteiger partial charge >= 0.3 is 0 Å². The molecule has 0 atom stereocenters. The number of hydrogen-bond donors (Lipinski definition) is 0. The first-order valence-corrected chi connectivity index (χ1v) is 35.7. The third kappa shape index (κ3) is 8.79. The van der Waals surface area contributed by atoms with E-state index < -0.39 is 10.8 Å². The maximum atomic E-state index is 7.30. The second-order valence-corrected chi connectivity index (χ2v) is 27.8. The Hall–Kier alpha value is -13.9. The average Bonchev–Trinajstić information content (AvgIpc) is 1.61.